The van der Waals surface area contributed by atoms with Gasteiger partial charge in [0.2, 0.25) is 0 Å². The van der Waals surface area contributed by atoms with Crippen molar-refractivity contribution in [1.29, 1.82) is 0 Å². The van der Waals surface area contributed by atoms with E-state index in [1.54, 1.807) is 11.3 Å². The fourth-order valence-electron chi connectivity index (χ4n) is 1.59. The molecule has 1 heterocycles. The predicted octanol–water partition coefficient (Wildman–Crippen LogP) is 1.24. The van der Waals surface area contributed by atoms with Gasteiger partial charge in [-0.05, 0) is 25.7 Å². The first-order valence-electron chi connectivity index (χ1n) is 4.66. The molecule has 0 aromatic carbocycles. The van der Waals surface area contributed by atoms with Crippen molar-refractivity contribution in [2.75, 3.05) is 0 Å². The number of nitrogens with zero attached hydrogens (tertiary/aromatic N) is 1. The molecule has 0 spiro atoms. The molecule has 1 atom stereocenters. The van der Waals surface area contributed by atoms with Crippen LogP contribution in [0.5, 0.6) is 0 Å². The zero-order chi connectivity index (χ0) is 9.26. The summed E-state index contributed by atoms with van der Waals surface area (Å²) >= 11 is 1.71. The summed E-state index contributed by atoms with van der Waals surface area (Å²) in [6.45, 7) is 2.04. The van der Waals surface area contributed by atoms with Crippen molar-refractivity contribution in [2.24, 2.45) is 11.8 Å². The monoisotopic (exact) mass is 197 g/mol. The number of nitrogens with two attached hydrogens (primary N) is 1. The molecule has 1 aliphatic rings. The van der Waals surface area contributed by atoms with Gasteiger partial charge in [-0.3, -0.25) is 11.3 Å². The lowest BCUT2D eigenvalue weighted by atomic mass is 10.1. The normalized spacial score (nSPS) is 18.9. The maximum atomic E-state index is 5.49. The number of nitrogens with one attached hydrogen (secondary N) is 1. The highest BCUT2D eigenvalue weighted by molar-refractivity contribution is 7.09. The van der Waals surface area contributed by atoms with E-state index < -0.39 is 0 Å². The van der Waals surface area contributed by atoms with Gasteiger partial charge in [-0.15, -0.1) is 11.3 Å². The molecule has 0 radical (unpaired) electrons. The number of hydrogen-bond donors (Lipinski definition) is 2. The first-order valence-corrected chi connectivity index (χ1v) is 5.54. The number of rotatable bonds is 4. The van der Waals surface area contributed by atoms with Gasteiger partial charge in [-0.25, -0.2) is 4.98 Å². The van der Waals surface area contributed by atoms with Gasteiger partial charge in [0.05, 0.1) is 10.7 Å². The van der Waals surface area contributed by atoms with Gasteiger partial charge in [0.15, 0.2) is 0 Å². The second kappa shape index (κ2) is 3.74. The maximum absolute atomic E-state index is 5.49. The van der Waals surface area contributed by atoms with Gasteiger partial charge in [0.25, 0.3) is 0 Å². The first-order chi connectivity index (χ1) is 6.29. The summed E-state index contributed by atoms with van der Waals surface area (Å²) in [6, 6.07) is 0.432. The van der Waals surface area contributed by atoms with Crippen LogP contribution in [-0.2, 0) is 6.42 Å². The molecule has 3 N–H and O–H groups in total. The molecule has 1 aromatic heterocycles. The molecule has 0 saturated heterocycles. The maximum Gasteiger partial charge on any atom is 0.0897 e. The van der Waals surface area contributed by atoms with Crippen molar-refractivity contribution in [1.82, 2.24) is 10.4 Å². The second-order valence-corrected chi connectivity index (χ2v) is 4.73. The smallest absolute Gasteiger partial charge is 0.0897 e. The molecule has 3 nitrogen and oxygen atoms in total. The molecule has 1 unspecified atom stereocenters. The average molecular weight is 197 g/mol. The number of hydrazine groups is 1. The van der Waals surface area contributed by atoms with Crippen molar-refractivity contribution < 1.29 is 0 Å². The van der Waals surface area contributed by atoms with Gasteiger partial charge >= 0.3 is 0 Å². The van der Waals surface area contributed by atoms with E-state index in [2.05, 4.69) is 15.8 Å². The Kier molecular flexibility index (Phi) is 2.62. The Morgan fingerprint density at radius 3 is 3.00 bits per heavy atom. The fourth-order valence-corrected chi connectivity index (χ4v) is 2.21. The van der Waals surface area contributed by atoms with Crippen LogP contribution in [0.15, 0.2) is 5.38 Å². The van der Waals surface area contributed by atoms with Gasteiger partial charge in [0, 0.05) is 17.8 Å². The van der Waals surface area contributed by atoms with E-state index in [-0.39, 0.29) is 0 Å². The van der Waals surface area contributed by atoms with Crippen LogP contribution in [0.1, 0.15) is 23.5 Å². The van der Waals surface area contributed by atoms with E-state index >= 15 is 0 Å². The molecule has 1 saturated carbocycles. The zero-order valence-electron chi connectivity index (χ0n) is 7.79. The molecule has 0 aliphatic heterocycles. The van der Waals surface area contributed by atoms with Crippen LogP contribution < -0.4 is 11.3 Å². The van der Waals surface area contributed by atoms with Crippen LogP contribution in [0.4, 0.5) is 0 Å². The summed E-state index contributed by atoms with van der Waals surface area (Å²) in [5.41, 5.74) is 4.06. The molecule has 2 rings (SSSR count). The standard InChI is InChI=1S/C9H15N3S/c1-6-11-8(5-13-6)4-9(12-10)7-2-3-7/h5,7,9,12H,2-4,10H2,1H3. The summed E-state index contributed by atoms with van der Waals surface area (Å²) in [5.74, 6) is 6.28. The minimum absolute atomic E-state index is 0.432. The largest absolute Gasteiger partial charge is 0.271 e. The predicted molar refractivity (Wildman–Crippen MR) is 54.4 cm³/mol. The molecule has 0 bridgehead atoms. The molecule has 1 fully saturated rings. The Morgan fingerprint density at radius 2 is 2.54 bits per heavy atom. The van der Waals surface area contributed by atoms with Crippen molar-refractivity contribution in [2.45, 2.75) is 32.2 Å². The molecular weight excluding hydrogens is 182 g/mol. The molecule has 1 aliphatic carbocycles. The highest BCUT2D eigenvalue weighted by atomic mass is 32.1. The van der Waals surface area contributed by atoms with Crippen LogP contribution >= 0.6 is 11.3 Å². The summed E-state index contributed by atoms with van der Waals surface area (Å²) in [4.78, 5) is 4.43. The molecular formula is C9H15N3S. The molecule has 72 valence electrons. The average Bonchev–Trinajstić information content (AvgIpc) is 2.87. The number of thiazole rings is 1. The van der Waals surface area contributed by atoms with E-state index in [1.165, 1.54) is 18.5 Å². The van der Waals surface area contributed by atoms with Gasteiger partial charge in [0.1, 0.15) is 0 Å². The number of aryl methyl sites for hydroxylation is 1. The molecule has 1 aromatic rings. The fraction of sp³-hybridized carbons (Fsp3) is 0.667. The van der Waals surface area contributed by atoms with E-state index in [1.807, 2.05) is 6.92 Å². The molecule has 4 heteroatoms. The summed E-state index contributed by atoms with van der Waals surface area (Å²) < 4.78 is 0. The first kappa shape index (κ1) is 9.12. The Balaban J connectivity index is 1.95. The van der Waals surface area contributed by atoms with Crippen molar-refractivity contribution in [3.8, 4) is 0 Å². The van der Waals surface area contributed by atoms with Crippen LogP contribution in [0.25, 0.3) is 0 Å². The highest BCUT2D eigenvalue weighted by Gasteiger charge is 2.30. The minimum Gasteiger partial charge on any atom is -0.271 e. The van der Waals surface area contributed by atoms with Crippen molar-refractivity contribution in [3.05, 3.63) is 16.1 Å². The van der Waals surface area contributed by atoms with E-state index in [0.29, 0.717) is 6.04 Å². The van der Waals surface area contributed by atoms with Gasteiger partial charge in [-0.1, -0.05) is 0 Å². The third kappa shape index (κ3) is 2.27. The SMILES string of the molecule is Cc1nc(CC(NN)C2CC2)cs1. The van der Waals surface area contributed by atoms with Crippen LogP contribution in [0.3, 0.4) is 0 Å². The topological polar surface area (TPSA) is 50.9 Å². The minimum atomic E-state index is 0.432. The third-order valence-electron chi connectivity index (χ3n) is 2.50. The Morgan fingerprint density at radius 1 is 1.77 bits per heavy atom. The van der Waals surface area contributed by atoms with E-state index in [4.69, 9.17) is 5.84 Å². The third-order valence-corrected chi connectivity index (χ3v) is 3.32. The lowest BCUT2D eigenvalue weighted by molar-refractivity contribution is 0.469. The summed E-state index contributed by atoms with van der Waals surface area (Å²) in [7, 11) is 0. The summed E-state index contributed by atoms with van der Waals surface area (Å²) in [6.07, 6.45) is 3.61. The van der Waals surface area contributed by atoms with Crippen LogP contribution in [0.2, 0.25) is 0 Å². The lowest BCUT2D eigenvalue weighted by Crippen LogP contribution is -2.38. The molecule has 0 amide bonds. The van der Waals surface area contributed by atoms with Crippen LogP contribution in [-0.4, -0.2) is 11.0 Å². The quantitative estimate of drug-likeness (QED) is 0.564. The van der Waals surface area contributed by atoms with Crippen molar-refractivity contribution in [3.63, 3.8) is 0 Å². The number of aromatic nitrogens is 1. The summed E-state index contributed by atoms with van der Waals surface area (Å²) in [5, 5.41) is 3.27. The lowest BCUT2D eigenvalue weighted by Gasteiger charge is -2.12. The van der Waals surface area contributed by atoms with Gasteiger partial charge in [-0.2, -0.15) is 0 Å². The Labute approximate surface area is 82.3 Å². The van der Waals surface area contributed by atoms with E-state index in [0.717, 1.165) is 17.3 Å². The van der Waals surface area contributed by atoms with Crippen LogP contribution in [0, 0.1) is 12.8 Å². The van der Waals surface area contributed by atoms with Gasteiger partial charge < -0.3 is 0 Å². The highest BCUT2D eigenvalue weighted by Crippen LogP contribution is 2.33. The van der Waals surface area contributed by atoms with E-state index in [9.17, 15) is 0 Å². The Hall–Kier alpha value is -0.450. The Bertz CT molecular complexity index is 280. The van der Waals surface area contributed by atoms with Crippen molar-refractivity contribution >= 4 is 11.3 Å². The molecule has 13 heavy (non-hydrogen) atoms. The second-order valence-electron chi connectivity index (χ2n) is 3.67. The number of hydrogen-bond acceptors (Lipinski definition) is 4. The zero-order valence-corrected chi connectivity index (χ0v) is 8.60.